The third-order valence-corrected chi connectivity index (χ3v) is 3.98. The van der Waals surface area contributed by atoms with Crippen molar-refractivity contribution < 1.29 is 9.53 Å². The Morgan fingerprint density at radius 3 is 2.91 bits per heavy atom. The van der Waals surface area contributed by atoms with Crippen LogP contribution in [-0.4, -0.2) is 53.3 Å². The largest absolute Gasteiger partial charge is 0.378 e. The fourth-order valence-corrected chi connectivity index (χ4v) is 2.79. The SMILES string of the molecule is Cc1nc2ccccc2n1CCCNC(=O)N1CCOCC1. The highest BCUT2D eigenvalue weighted by atomic mass is 16.5. The van der Waals surface area contributed by atoms with Crippen LogP contribution in [0.3, 0.4) is 0 Å². The summed E-state index contributed by atoms with van der Waals surface area (Å²) in [5.74, 6) is 1.01. The highest BCUT2D eigenvalue weighted by Crippen LogP contribution is 2.15. The maximum Gasteiger partial charge on any atom is 0.317 e. The molecule has 6 nitrogen and oxygen atoms in total. The lowest BCUT2D eigenvalue weighted by Gasteiger charge is -2.26. The van der Waals surface area contributed by atoms with Gasteiger partial charge in [-0.15, -0.1) is 0 Å². The molecule has 118 valence electrons. The average molecular weight is 302 g/mol. The molecular formula is C16H22N4O2. The van der Waals surface area contributed by atoms with Gasteiger partial charge in [-0.25, -0.2) is 9.78 Å². The van der Waals surface area contributed by atoms with Crippen molar-refractivity contribution in [1.82, 2.24) is 19.8 Å². The quantitative estimate of drug-likeness (QED) is 0.876. The van der Waals surface area contributed by atoms with E-state index >= 15 is 0 Å². The van der Waals surface area contributed by atoms with Crippen molar-refractivity contribution in [1.29, 1.82) is 0 Å². The maximum absolute atomic E-state index is 12.0. The van der Waals surface area contributed by atoms with Crippen molar-refractivity contribution in [2.24, 2.45) is 0 Å². The van der Waals surface area contributed by atoms with Crippen molar-refractivity contribution in [2.45, 2.75) is 19.9 Å². The summed E-state index contributed by atoms with van der Waals surface area (Å²) in [6, 6.07) is 8.15. The van der Waals surface area contributed by atoms with Gasteiger partial charge in [-0.1, -0.05) is 12.1 Å². The molecule has 0 saturated carbocycles. The van der Waals surface area contributed by atoms with Crippen LogP contribution in [-0.2, 0) is 11.3 Å². The number of ether oxygens (including phenoxy) is 1. The Morgan fingerprint density at radius 2 is 2.09 bits per heavy atom. The molecule has 2 heterocycles. The molecule has 0 unspecified atom stereocenters. The molecule has 1 N–H and O–H groups in total. The number of fused-ring (bicyclic) bond motifs is 1. The summed E-state index contributed by atoms with van der Waals surface area (Å²) in [6.45, 7) is 6.17. The highest BCUT2D eigenvalue weighted by molar-refractivity contribution is 5.76. The number of amides is 2. The highest BCUT2D eigenvalue weighted by Gasteiger charge is 2.15. The lowest BCUT2D eigenvalue weighted by atomic mass is 10.3. The first-order chi connectivity index (χ1) is 10.8. The van der Waals surface area contributed by atoms with Gasteiger partial charge in [0.2, 0.25) is 0 Å². The summed E-state index contributed by atoms with van der Waals surface area (Å²) in [6.07, 6.45) is 0.886. The van der Waals surface area contributed by atoms with E-state index in [0.717, 1.165) is 29.8 Å². The fourth-order valence-electron chi connectivity index (χ4n) is 2.79. The van der Waals surface area contributed by atoms with Gasteiger partial charge in [-0.05, 0) is 25.5 Å². The van der Waals surface area contributed by atoms with E-state index in [4.69, 9.17) is 4.74 Å². The molecule has 22 heavy (non-hydrogen) atoms. The number of benzene rings is 1. The molecule has 0 aliphatic carbocycles. The lowest BCUT2D eigenvalue weighted by Crippen LogP contribution is -2.46. The van der Waals surface area contributed by atoms with Crippen LogP contribution in [0.1, 0.15) is 12.2 Å². The predicted octanol–water partition coefficient (Wildman–Crippen LogP) is 1.78. The maximum atomic E-state index is 12.0. The summed E-state index contributed by atoms with van der Waals surface area (Å²) in [5, 5.41) is 2.98. The minimum atomic E-state index is 0.00973. The molecule has 1 fully saturated rings. The number of hydrogen-bond donors (Lipinski definition) is 1. The van der Waals surface area contributed by atoms with Crippen LogP contribution in [0.15, 0.2) is 24.3 Å². The molecule has 2 aromatic rings. The van der Waals surface area contributed by atoms with E-state index in [1.54, 1.807) is 4.90 Å². The number of para-hydroxylation sites is 2. The van der Waals surface area contributed by atoms with Crippen LogP contribution in [0.5, 0.6) is 0 Å². The molecule has 1 aromatic carbocycles. The van der Waals surface area contributed by atoms with E-state index in [1.165, 1.54) is 0 Å². The monoisotopic (exact) mass is 302 g/mol. The molecule has 0 radical (unpaired) electrons. The lowest BCUT2D eigenvalue weighted by molar-refractivity contribution is 0.0532. The Morgan fingerprint density at radius 1 is 1.32 bits per heavy atom. The number of aryl methyl sites for hydroxylation is 2. The van der Waals surface area contributed by atoms with Crippen LogP contribution in [0.2, 0.25) is 0 Å². The van der Waals surface area contributed by atoms with E-state index in [0.29, 0.717) is 32.8 Å². The van der Waals surface area contributed by atoms with Gasteiger partial charge in [0.25, 0.3) is 0 Å². The third-order valence-electron chi connectivity index (χ3n) is 3.98. The first-order valence-electron chi connectivity index (χ1n) is 7.78. The summed E-state index contributed by atoms with van der Waals surface area (Å²) >= 11 is 0. The molecule has 3 rings (SSSR count). The molecule has 1 aliphatic rings. The third kappa shape index (κ3) is 3.22. The number of morpholine rings is 1. The van der Waals surface area contributed by atoms with E-state index in [9.17, 15) is 4.79 Å². The Bertz CT molecular complexity index is 647. The van der Waals surface area contributed by atoms with Crippen molar-refractivity contribution >= 4 is 17.1 Å². The number of urea groups is 1. The molecule has 0 bridgehead atoms. The fraction of sp³-hybridized carbons (Fsp3) is 0.500. The van der Waals surface area contributed by atoms with Gasteiger partial charge in [-0.2, -0.15) is 0 Å². The molecule has 1 saturated heterocycles. The average Bonchev–Trinajstić information content (AvgIpc) is 2.88. The number of carbonyl (C=O) groups is 1. The molecule has 0 atom stereocenters. The van der Waals surface area contributed by atoms with Gasteiger partial charge < -0.3 is 19.5 Å². The summed E-state index contributed by atoms with van der Waals surface area (Å²) in [7, 11) is 0. The predicted molar refractivity (Wildman–Crippen MR) is 84.9 cm³/mol. The van der Waals surface area contributed by atoms with Crippen molar-refractivity contribution in [3.63, 3.8) is 0 Å². The Hall–Kier alpha value is -2.08. The number of aromatic nitrogens is 2. The first kappa shape index (κ1) is 14.8. The van der Waals surface area contributed by atoms with Crippen LogP contribution in [0.4, 0.5) is 4.79 Å². The summed E-state index contributed by atoms with van der Waals surface area (Å²) in [4.78, 5) is 18.3. The number of carbonyl (C=O) groups excluding carboxylic acids is 1. The second kappa shape index (κ2) is 6.79. The van der Waals surface area contributed by atoms with Crippen LogP contribution in [0.25, 0.3) is 11.0 Å². The van der Waals surface area contributed by atoms with Crippen LogP contribution in [0, 0.1) is 6.92 Å². The number of imidazole rings is 1. The van der Waals surface area contributed by atoms with Crippen LogP contribution >= 0.6 is 0 Å². The standard InChI is InChI=1S/C16H22N4O2/c1-13-18-14-5-2-3-6-15(14)20(13)8-4-7-17-16(21)19-9-11-22-12-10-19/h2-3,5-6H,4,7-12H2,1H3,(H,17,21). The second-order valence-electron chi connectivity index (χ2n) is 5.48. The first-order valence-corrected chi connectivity index (χ1v) is 7.78. The molecule has 6 heteroatoms. The van der Waals surface area contributed by atoms with Gasteiger partial charge in [0.15, 0.2) is 0 Å². The number of nitrogens with one attached hydrogen (secondary N) is 1. The summed E-state index contributed by atoms with van der Waals surface area (Å²) in [5.41, 5.74) is 2.18. The Labute approximate surface area is 130 Å². The minimum Gasteiger partial charge on any atom is -0.378 e. The molecular weight excluding hydrogens is 280 g/mol. The van der Waals surface area contributed by atoms with Gasteiger partial charge in [-0.3, -0.25) is 0 Å². The van der Waals surface area contributed by atoms with Crippen molar-refractivity contribution in [3.05, 3.63) is 30.1 Å². The van der Waals surface area contributed by atoms with E-state index in [-0.39, 0.29) is 6.03 Å². The Balaban J connectivity index is 1.50. The molecule has 2 amide bonds. The second-order valence-corrected chi connectivity index (χ2v) is 5.48. The number of rotatable bonds is 4. The number of nitrogens with zero attached hydrogens (tertiary/aromatic N) is 3. The normalized spacial score (nSPS) is 15.2. The van der Waals surface area contributed by atoms with Gasteiger partial charge >= 0.3 is 6.03 Å². The molecule has 0 spiro atoms. The zero-order chi connectivity index (χ0) is 15.4. The van der Waals surface area contributed by atoms with E-state index < -0.39 is 0 Å². The zero-order valence-electron chi connectivity index (χ0n) is 12.9. The minimum absolute atomic E-state index is 0.00973. The van der Waals surface area contributed by atoms with Gasteiger partial charge in [0, 0.05) is 26.2 Å². The van der Waals surface area contributed by atoms with E-state index in [1.807, 2.05) is 25.1 Å². The Kier molecular flexibility index (Phi) is 4.58. The summed E-state index contributed by atoms with van der Waals surface area (Å²) < 4.78 is 7.45. The number of hydrogen-bond acceptors (Lipinski definition) is 3. The van der Waals surface area contributed by atoms with Crippen LogP contribution < -0.4 is 5.32 Å². The van der Waals surface area contributed by atoms with Gasteiger partial charge in [0.05, 0.1) is 24.2 Å². The van der Waals surface area contributed by atoms with E-state index in [2.05, 4.69) is 20.9 Å². The van der Waals surface area contributed by atoms with Crippen molar-refractivity contribution in [3.8, 4) is 0 Å². The molecule has 1 aliphatic heterocycles. The zero-order valence-corrected chi connectivity index (χ0v) is 12.9. The smallest absolute Gasteiger partial charge is 0.317 e. The van der Waals surface area contributed by atoms with Gasteiger partial charge in [0.1, 0.15) is 5.82 Å². The molecule has 1 aromatic heterocycles. The van der Waals surface area contributed by atoms with Crippen molar-refractivity contribution in [2.75, 3.05) is 32.8 Å². The topological polar surface area (TPSA) is 59.4 Å².